The van der Waals surface area contributed by atoms with Gasteiger partial charge in [0.25, 0.3) is 5.69 Å². The van der Waals surface area contributed by atoms with Crippen LogP contribution in [-0.2, 0) is 4.79 Å². The van der Waals surface area contributed by atoms with E-state index in [0.717, 1.165) is 6.42 Å². The number of nitrogens with one attached hydrogen (secondary N) is 1. The van der Waals surface area contributed by atoms with Gasteiger partial charge in [0.1, 0.15) is 0 Å². The van der Waals surface area contributed by atoms with Crippen LogP contribution in [-0.4, -0.2) is 17.4 Å². The first-order chi connectivity index (χ1) is 9.83. The van der Waals surface area contributed by atoms with Crippen LogP contribution in [0.1, 0.15) is 32.3 Å². The summed E-state index contributed by atoms with van der Waals surface area (Å²) in [5, 5.41) is 13.5. The van der Waals surface area contributed by atoms with E-state index < -0.39 is 4.92 Å². The van der Waals surface area contributed by atoms with E-state index in [2.05, 4.69) is 19.2 Å². The van der Waals surface area contributed by atoms with Crippen molar-refractivity contribution < 1.29 is 9.72 Å². The van der Waals surface area contributed by atoms with Crippen LogP contribution in [0.5, 0.6) is 0 Å². The van der Waals surface area contributed by atoms with Crippen LogP contribution in [0.3, 0.4) is 0 Å². The molecule has 1 amide bonds. The van der Waals surface area contributed by atoms with Crippen molar-refractivity contribution in [1.29, 1.82) is 0 Å². The quantitative estimate of drug-likeness (QED) is 0.596. The highest BCUT2D eigenvalue weighted by Gasteiger charge is 2.15. The Morgan fingerprint density at radius 3 is 2.57 bits per heavy atom. The van der Waals surface area contributed by atoms with E-state index in [4.69, 9.17) is 5.73 Å². The van der Waals surface area contributed by atoms with Crippen LogP contribution in [0.15, 0.2) is 18.2 Å². The van der Waals surface area contributed by atoms with Crippen molar-refractivity contribution in [3.05, 3.63) is 33.9 Å². The van der Waals surface area contributed by atoms with E-state index >= 15 is 0 Å². The summed E-state index contributed by atoms with van der Waals surface area (Å²) in [4.78, 5) is 22.3. The molecule has 0 saturated heterocycles. The zero-order chi connectivity index (χ0) is 16.0. The summed E-state index contributed by atoms with van der Waals surface area (Å²) in [5.41, 5.74) is 6.83. The smallest absolute Gasteiger partial charge is 0.272 e. The molecule has 0 spiro atoms. The second-order valence-corrected chi connectivity index (χ2v) is 5.74. The summed E-state index contributed by atoms with van der Waals surface area (Å²) >= 11 is 0. The van der Waals surface area contributed by atoms with Gasteiger partial charge in [-0.2, -0.15) is 0 Å². The molecule has 0 aromatic heterocycles. The van der Waals surface area contributed by atoms with E-state index in [1.54, 1.807) is 19.1 Å². The first-order valence-electron chi connectivity index (χ1n) is 7.08. The van der Waals surface area contributed by atoms with Crippen molar-refractivity contribution >= 4 is 17.3 Å². The van der Waals surface area contributed by atoms with Gasteiger partial charge >= 0.3 is 0 Å². The lowest BCUT2D eigenvalue weighted by molar-refractivity contribution is -0.385. The minimum atomic E-state index is -0.436. The molecule has 0 unspecified atom stereocenters. The lowest BCUT2D eigenvalue weighted by atomic mass is 9.94. The predicted octanol–water partition coefficient (Wildman–Crippen LogP) is 2.85. The number of carbonyl (C=O) groups is 1. The zero-order valence-electron chi connectivity index (χ0n) is 12.8. The van der Waals surface area contributed by atoms with Gasteiger partial charge in [-0.25, -0.2) is 0 Å². The third kappa shape index (κ3) is 5.51. The van der Waals surface area contributed by atoms with Gasteiger partial charge in [-0.3, -0.25) is 14.9 Å². The second kappa shape index (κ2) is 7.73. The van der Waals surface area contributed by atoms with Crippen LogP contribution in [0.4, 0.5) is 11.4 Å². The SMILES string of the molecule is Cc1cc(NC(=O)C[C@@H](CN)CC(C)C)ccc1[N+](=O)[O-]. The molecular formula is C15H23N3O3. The molecule has 1 aromatic carbocycles. The number of amides is 1. The first-order valence-corrected chi connectivity index (χ1v) is 7.08. The van der Waals surface area contributed by atoms with E-state index in [1.165, 1.54) is 6.07 Å². The molecule has 0 saturated carbocycles. The van der Waals surface area contributed by atoms with Crippen molar-refractivity contribution in [1.82, 2.24) is 0 Å². The number of rotatable bonds is 7. The van der Waals surface area contributed by atoms with E-state index in [-0.39, 0.29) is 17.5 Å². The van der Waals surface area contributed by atoms with E-state index in [0.29, 0.717) is 30.1 Å². The van der Waals surface area contributed by atoms with Gasteiger partial charge in [-0.05, 0) is 43.9 Å². The van der Waals surface area contributed by atoms with Gasteiger partial charge in [-0.1, -0.05) is 13.8 Å². The molecular weight excluding hydrogens is 270 g/mol. The largest absolute Gasteiger partial charge is 0.330 e. The Balaban J connectivity index is 2.66. The Morgan fingerprint density at radius 2 is 2.10 bits per heavy atom. The highest BCUT2D eigenvalue weighted by molar-refractivity contribution is 5.91. The third-order valence-electron chi connectivity index (χ3n) is 3.29. The van der Waals surface area contributed by atoms with Crippen molar-refractivity contribution in [2.45, 2.75) is 33.6 Å². The minimum Gasteiger partial charge on any atom is -0.330 e. The number of carbonyl (C=O) groups excluding carboxylic acids is 1. The Morgan fingerprint density at radius 1 is 1.43 bits per heavy atom. The Labute approximate surface area is 124 Å². The highest BCUT2D eigenvalue weighted by Crippen LogP contribution is 2.22. The van der Waals surface area contributed by atoms with Gasteiger partial charge in [0.2, 0.25) is 5.91 Å². The maximum atomic E-state index is 12.0. The average Bonchev–Trinajstić information content (AvgIpc) is 2.36. The molecule has 116 valence electrons. The fourth-order valence-electron chi connectivity index (χ4n) is 2.34. The number of nitrogens with zero attached hydrogens (tertiary/aromatic N) is 1. The summed E-state index contributed by atoms with van der Waals surface area (Å²) in [6.45, 7) is 6.32. The molecule has 21 heavy (non-hydrogen) atoms. The normalized spacial score (nSPS) is 12.2. The summed E-state index contributed by atoms with van der Waals surface area (Å²) in [6, 6.07) is 4.55. The molecule has 0 aliphatic carbocycles. The fourth-order valence-corrected chi connectivity index (χ4v) is 2.34. The Kier molecular flexibility index (Phi) is 6.30. The number of anilines is 1. The number of benzene rings is 1. The second-order valence-electron chi connectivity index (χ2n) is 5.74. The maximum absolute atomic E-state index is 12.0. The number of aryl methyl sites for hydroxylation is 1. The predicted molar refractivity (Wildman–Crippen MR) is 83.1 cm³/mol. The summed E-state index contributed by atoms with van der Waals surface area (Å²) in [7, 11) is 0. The molecule has 0 aliphatic rings. The minimum absolute atomic E-state index is 0.0487. The highest BCUT2D eigenvalue weighted by atomic mass is 16.6. The van der Waals surface area contributed by atoms with E-state index in [9.17, 15) is 14.9 Å². The molecule has 1 rings (SSSR count). The van der Waals surface area contributed by atoms with Gasteiger partial charge < -0.3 is 11.1 Å². The van der Waals surface area contributed by atoms with Crippen LogP contribution in [0.2, 0.25) is 0 Å². The summed E-state index contributed by atoms with van der Waals surface area (Å²) in [6.07, 6.45) is 1.27. The Hall–Kier alpha value is -1.95. The van der Waals surface area contributed by atoms with Crippen LogP contribution in [0.25, 0.3) is 0 Å². The van der Waals surface area contributed by atoms with Crippen LogP contribution >= 0.6 is 0 Å². The monoisotopic (exact) mass is 293 g/mol. The van der Waals surface area contributed by atoms with Crippen molar-refractivity contribution in [2.75, 3.05) is 11.9 Å². The Bertz CT molecular complexity index is 515. The van der Waals surface area contributed by atoms with Crippen molar-refractivity contribution in [2.24, 2.45) is 17.6 Å². The summed E-state index contributed by atoms with van der Waals surface area (Å²) < 4.78 is 0. The first kappa shape index (κ1) is 17.1. The van der Waals surface area contributed by atoms with Gasteiger partial charge in [0.05, 0.1) is 4.92 Å². The summed E-state index contributed by atoms with van der Waals surface area (Å²) in [5.74, 6) is 0.538. The topological polar surface area (TPSA) is 98.3 Å². The molecule has 0 heterocycles. The van der Waals surface area contributed by atoms with Crippen LogP contribution in [0, 0.1) is 28.9 Å². The molecule has 6 nitrogen and oxygen atoms in total. The fraction of sp³-hybridized carbons (Fsp3) is 0.533. The van der Waals surface area contributed by atoms with E-state index in [1.807, 2.05) is 0 Å². The van der Waals surface area contributed by atoms with Gasteiger partial charge in [-0.15, -0.1) is 0 Å². The molecule has 0 radical (unpaired) electrons. The molecule has 1 aromatic rings. The molecule has 1 atom stereocenters. The lowest BCUT2D eigenvalue weighted by Gasteiger charge is -2.16. The van der Waals surface area contributed by atoms with Gasteiger partial charge in [0, 0.05) is 23.7 Å². The standard InChI is InChI=1S/C15H23N3O3/c1-10(2)6-12(9-16)8-15(19)17-13-4-5-14(18(20)21)11(3)7-13/h4-5,7,10,12H,6,8-9,16H2,1-3H3,(H,17,19)/t12-/m0/s1. The number of hydrogen-bond acceptors (Lipinski definition) is 4. The lowest BCUT2D eigenvalue weighted by Crippen LogP contribution is -2.23. The molecule has 0 aliphatic heterocycles. The van der Waals surface area contributed by atoms with Gasteiger partial charge in [0.15, 0.2) is 0 Å². The number of hydrogen-bond donors (Lipinski definition) is 2. The average molecular weight is 293 g/mol. The number of nitrogens with two attached hydrogens (primary N) is 1. The zero-order valence-corrected chi connectivity index (χ0v) is 12.8. The molecule has 0 fully saturated rings. The number of nitro benzene ring substituents is 1. The van der Waals surface area contributed by atoms with Crippen LogP contribution < -0.4 is 11.1 Å². The van der Waals surface area contributed by atoms with Crippen molar-refractivity contribution in [3.8, 4) is 0 Å². The third-order valence-corrected chi connectivity index (χ3v) is 3.29. The van der Waals surface area contributed by atoms with Crippen molar-refractivity contribution in [3.63, 3.8) is 0 Å². The maximum Gasteiger partial charge on any atom is 0.272 e. The number of nitro groups is 1. The molecule has 3 N–H and O–H groups in total. The molecule has 6 heteroatoms. The molecule has 0 bridgehead atoms.